The van der Waals surface area contributed by atoms with Crippen LogP contribution in [0.1, 0.15) is 39.5 Å². The number of carbonyl (C=O) groups excluding carboxylic acids is 2. The van der Waals surface area contributed by atoms with E-state index in [1.54, 1.807) is 6.92 Å². The van der Waals surface area contributed by atoms with Crippen LogP contribution in [0.2, 0.25) is 0 Å². The van der Waals surface area contributed by atoms with Gasteiger partial charge in [-0.2, -0.15) is 0 Å². The first-order valence-electron chi connectivity index (χ1n) is 10.3. The van der Waals surface area contributed by atoms with Crippen LogP contribution in [0.25, 0.3) is 0 Å². The number of hydrogen-bond donors (Lipinski definition) is 4. The zero-order valence-corrected chi connectivity index (χ0v) is 17.0. The highest BCUT2D eigenvalue weighted by Gasteiger charge is 2.77. The Morgan fingerprint density at radius 1 is 1.27 bits per heavy atom. The van der Waals surface area contributed by atoms with E-state index >= 15 is 4.39 Å². The molecule has 8 heteroatoms. The van der Waals surface area contributed by atoms with Crippen LogP contribution in [-0.2, 0) is 14.4 Å². The summed E-state index contributed by atoms with van der Waals surface area (Å²) in [6.45, 7) is 2.11. The summed E-state index contributed by atoms with van der Waals surface area (Å²) in [5, 5.41) is 41.7. The Balaban J connectivity index is 1.87. The van der Waals surface area contributed by atoms with Crippen LogP contribution in [-0.4, -0.2) is 61.9 Å². The number of carboxylic acids is 1. The van der Waals surface area contributed by atoms with E-state index in [2.05, 4.69) is 0 Å². The van der Waals surface area contributed by atoms with Gasteiger partial charge in [-0.05, 0) is 50.7 Å². The molecule has 0 aromatic heterocycles. The van der Waals surface area contributed by atoms with Crippen LogP contribution in [0.15, 0.2) is 23.8 Å². The van der Waals surface area contributed by atoms with E-state index in [-0.39, 0.29) is 25.0 Å². The molecule has 3 saturated carbocycles. The molecule has 0 amide bonds. The van der Waals surface area contributed by atoms with Gasteiger partial charge in [-0.15, -0.1) is 0 Å². The summed E-state index contributed by atoms with van der Waals surface area (Å²) in [5.74, 6) is -5.68. The van der Waals surface area contributed by atoms with E-state index in [0.29, 0.717) is 12.0 Å². The number of aliphatic hydroxyl groups excluding tert-OH is 2. The van der Waals surface area contributed by atoms with E-state index in [0.717, 1.165) is 0 Å². The number of allylic oxidation sites excluding steroid dienone is 4. The van der Waals surface area contributed by atoms with Crippen molar-refractivity contribution in [2.75, 3.05) is 6.61 Å². The molecule has 7 nitrogen and oxygen atoms in total. The van der Waals surface area contributed by atoms with Gasteiger partial charge in [0.05, 0.1) is 12.0 Å². The molecule has 0 radical (unpaired) electrons. The number of carboxylic acid groups (broad SMARTS) is 1. The fourth-order valence-electron chi connectivity index (χ4n) is 7.17. The number of aliphatic hydroxyl groups is 3. The number of halogens is 1. The molecule has 0 heterocycles. The van der Waals surface area contributed by atoms with Crippen LogP contribution >= 0.6 is 0 Å². The quantitative estimate of drug-likeness (QED) is 0.533. The summed E-state index contributed by atoms with van der Waals surface area (Å²) in [7, 11) is 0. The number of ketones is 2. The van der Waals surface area contributed by atoms with Gasteiger partial charge in [-0.25, -0.2) is 4.39 Å². The first-order valence-corrected chi connectivity index (χ1v) is 10.3. The molecule has 3 fully saturated rings. The van der Waals surface area contributed by atoms with Crippen molar-refractivity contribution < 1.29 is 39.2 Å². The second-order valence-corrected chi connectivity index (χ2v) is 9.74. The molecular formula is C22H27FO7. The summed E-state index contributed by atoms with van der Waals surface area (Å²) in [6, 6.07) is 0. The summed E-state index contributed by atoms with van der Waals surface area (Å²) < 4.78 is 16.9. The van der Waals surface area contributed by atoms with Crippen molar-refractivity contribution in [2.24, 2.45) is 28.6 Å². The monoisotopic (exact) mass is 422 g/mol. The van der Waals surface area contributed by atoms with Crippen molar-refractivity contribution in [3.05, 3.63) is 23.8 Å². The first-order chi connectivity index (χ1) is 13.9. The third-order valence-corrected chi connectivity index (χ3v) is 8.76. The molecule has 0 aliphatic heterocycles. The largest absolute Gasteiger partial charge is 0.481 e. The lowest BCUT2D eigenvalue weighted by Crippen LogP contribution is -2.69. The minimum Gasteiger partial charge on any atom is -0.481 e. The Bertz CT molecular complexity index is 896. The van der Waals surface area contributed by atoms with Gasteiger partial charge in [0.25, 0.3) is 0 Å². The maximum Gasteiger partial charge on any atom is 0.309 e. The molecule has 0 spiro atoms. The number of alkyl halides is 1. The van der Waals surface area contributed by atoms with Crippen LogP contribution in [0.4, 0.5) is 4.39 Å². The number of rotatable bonds is 3. The predicted molar refractivity (Wildman–Crippen MR) is 102 cm³/mol. The Kier molecular flexibility index (Phi) is 4.49. The minimum absolute atomic E-state index is 0.130. The van der Waals surface area contributed by atoms with E-state index in [9.17, 15) is 34.8 Å². The molecule has 0 aromatic carbocycles. The topological polar surface area (TPSA) is 132 Å². The molecule has 4 N–H and O–H groups in total. The molecule has 0 aromatic rings. The number of Topliss-reactive ketones (excluding diaryl/α,β-unsaturated/α-hetero) is 1. The third-order valence-electron chi connectivity index (χ3n) is 8.76. The van der Waals surface area contributed by atoms with Gasteiger partial charge in [0.2, 0.25) is 0 Å². The highest BCUT2D eigenvalue weighted by atomic mass is 19.1. The molecule has 0 unspecified atom stereocenters. The molecule has 8 atom stereocenters. The SMILES string of the molecule is C[C@]12C=CC(=O)C=C1CC[C@H]1[C@@H]3C[C@@H](C(=O)O)[C@](O)(C(=O)CO)[C@@]3(C)C[C@H](O)[C@@]12F. The van der Waals surface area contributed by atoms with Gasteiger partial charge in [0.15, 0.2) is 17.2 Å². The molecule has 0 bridgehead atoms. The highest BCUT2D eigenvalue weighted by molar-refractivity contribution is 6.01. The minimum atomic E-state index is -2.41. The average molecular weight is 422 g/mol. The Labute approximate surface area is 173 Å². The second-order valence-electron chi connectivity index (χ2n) is 9.74. The van der Waals surface area contributed by atoms with Crippen molar-refractivity contribution in [1.29, 1.82) is 0 Å². The van der Waals surface area contributed by atoms with Crippen molar-refractivity contribution in [2.45, 2.75) is 56.9 Å². The Hall–Kier alpha value is -1.90. The smallest absolute Gasteiger partial charge is 0.309 e. The van der Waals surface area contributed by atoms with E-state index in [4.69, 9.17) is 0 Å². The normalized spacial score (nSPS) is 49.7. The molecule has 4 aliphatic rings. The highest BCUT2D eigenvalue weighted by Crippen LogP contribution is 2.70. The summed E-state index contributed by atoms with van der Waals surface area (Å²) in [6.07, 6.45) is 2.76. The average Bonchev–Trinajstić information content (AvgIpc) is 2.92. The number of fused-ring (bicyclic) bond motifs is 5. The lowest BCUT2D eigenvalue weighted by Gasteiger charge is -2.62. The third kappa shape index (κ3) is 2.22. The summed E-state index contributed by atoms with van der Waals surface area (Å²) >= 11 is 0. The van der Waals surface area contributed by atoms with Gasteiger partial charge < -0.3 is 20.4 Å². The maximum atomic E-state index is 16.9. The summed E-state index contributed by atoms with van der Waals surface area (Å²) in [5.41, 5.74) is -6.66. The number of hydrogen-bond acceptors (Lipinski definition) is 6. The molecule has 164 valence electrons. The fraction of sp³-hybridized carbons (Fsp3) is 0.682. The number of carbonyl (C=O) groups is 3. The van der Waals surface area contributed by atoms with Crippen molar-refractivity contribution in [3.63, 3.8) is 0 Å². The predicted octanol–water partition coefficient (Wildman–Crippen LogP) is 0.960. The zero-order chi connectivity index (χ0) is 22.3. The molecule has 4 rings (SSSR count). The van der Waals surface area contributed by atoms with Gasteiger partial charge in [-0.1, -0.05) is 18.6 Å². The molecular weight excluding hydrogens is 395 g/mol. The van der Waals surface area contributed by atoms with E-state index in [1.807, 2.05) is 0 Å². The maximum absolute atomic E-state index is 16.9. The molecule has 0 saturated heterocycles. The first kappa shape index (κ1) is 21.3. The van der Waals surface area contributed by atoms with Crippen LogP contribution in [0.3, 0.4) is 0 Å². The molecule has 30 heavy (non-hydrogen) atoms. The standard InChI is InChI=1S/C22H27FO7/c1-19-6-5-12(25)7-11(19)3-4-13-14-8-15(18(28)29)22(30,17(27)10-24)20(14,2)9-16(26)21(13,19)23/h5-7,13-16,24,26,30H,3-4,8-10H2,1-2H3,(H,28,29)/t13-,14-,15-,16-,19-,20-,21-,22-/m0/s1. The summed E-state index contributed by atoms with van der Waals surface area (Å²) in [4.78, 5) is 36.4. The Morgan fingerprint density at radius 2 is 1.93 bits per heavy atom. The fourth-order valence-corrected chi connectivity index (χ4v) is 7.17. The van der Waals surface area contributed by atoms with Crippen molar-refractivity contribution in [3.8, 4) is 0 Å². The van der Waals surface area contributed by atoms with Crippen molar-refractivity contribution >= 4 is 17.5 Å². The van der Waals surface area contributed by atoms with Gasteiger partial charge >= 0.3 is 5.97 Å². The van der Waals surface area contributed by atoms with Gasteiger partial charge in [0, 0.05) is 16.7 Å². The van der Waals surface area contributed by atoms with Crippen LogP contribution in [0.5, 0.6) is 0 Å². The molecule has 4 aliphatic carbocycles. The van der Waals surface area contributed by atoms with Gasteiger partial charge in [0.1, 0.15) is 12.2 Å². The van der Waals surface area contributed by atoms with Gasteiger partial charge in [-0.3, -0.25) is 14.4 Å². The van der Waals surface area contributed by atoms with Crippen molar-refractivity contribution in [1.82, 2.24) is 0 Å². The van der Waals surface area contributed by atoms with E-state index in [1.165, 1.54) is 25.2 Å². The Morgan fingerprint density at radius 3 is 2.53 bits per heavy atom. The van der Waals surface area contributed by atoms with Crippen LogP contribution in [0, 0.1) is 28.6 Å². The second kappa shape index (κ2) is 6.31. The van der Waals surface area contributed by atoms with Crippen LogP contribution < -0.4 is 0 Å². The lowest BCUT2D eigenvalue weighted by molar-refractivity contribution is -0.220. The zero-order valence-electron chi connectivity index (χ0n) is 17.0. The lowest BCUT2D eigenvalue weighted by atomic mass is 9.44. The van der Waals surface area contributed by atoms with E-state index < -0.39 is 64.3 Å². The number of aliphatic carboxylic acids is 1.